The molecule has 1 aliphatic rings. The minimum atomic E-state index is 0.227. The van der Waals surface area contributed by atoms with Crippen LogP contribution in [0.3, 0.4) is 0 Å². The first-order valence-electron chi connectivity index (χ1n) is 7.11. The van der Waals surface area contributed by atoms with Gasteiger partial charge in [-0.2, -0.15) is 0 Å². The molecule has 1 aromatic carbocycles. The molecule has 1 aromatic rings. The van der Waals surface area contributed by atoms with Crippen LogP contribution in [0.5, 0.6) is 5.75 Å². The number of nitrogens with two attached hydrogens (primary N) is 1. The fourth-order valence-corrected chi connectivity index (χ4v) is 3.31. The van der Waals surface area contributed by atoms with Gasteiger partial charge in [-0.05, 0) is 60.9 Å². The summed E-state index contributed by atoms with van der Waals surface area (Å²) in [6, 6.07) is 5.85. The molecule has 2 rings (SSSR count). The van der Waals surface area contributed by atoms with Crippen LogP contribution in [0.1, 0.15) is 38.2 Å². The molecule has 0 heterocycles. The second kappa shape index (κ2) is 6.15. The maximum Gasteiger partial charge on any atom is 0.122 e. The van der Waals surface area contributed by atoms with Crippen LogP contribution in [0, 0.1) is 11.3 Å². The molecular formula is C16H24ClNO. The molecule has 3 heteroatoms. The summed E-state index contributed by atoms with van der Waals surface area (Å²) in [7, 11) is 1.71. The van der Waals surface area contributed by atoms with Crippen LogP contribution in [0.2, 0.25) is 5.02 Å². The van der Waals surface area contributed by atoms with Crippen molar-refractivity contribution in [1.29, 1.82) is 0 Å². The van der Waals surface area contributed by atoms with Gasteiger partial charge in [0, 0.05) is 5.02 Å². The largest absolute Gasteiger partial charge is 0.496 e. The summed E-state index contributed by atoms with van der Waals surface area (Å²) < 4.78 is 5.45. The van der Waals surface area contributed by atoms with E-state index in [1.165, 1.54) is 31.2 Å². The number of halogens is 1. The molecule has 0 amide bonds. The lowest BCUT2D eigenvalue weighted by molar-refractivity contribution is 0.162. The Balaban J connectivity index is 2.20. The lowest BCUT2D eigenvalue weighted by Crippen LogP contribution is -2.36. The van der Waals surface area contributed by atoms with Crippen LogP contribution < -0.4 is 10.5 Å². The zero-order chi connectivity index (χ0) is 13.9. The second-order valence-corrected chi connectivity index (χ2v) is 6.46. The number of hydrogen-bond donors (Lipinski definition) is 1. The van der Waals surface area contributed by atoms with Gasteiger partial charge in [-0.25, -0.2) is 0 Å². The predicted octanol–water partition coefficient (Wildman–Crippen LogP) is 4.05. The number of benzene rings is 1. The predicted molar refractivity (Wildman–Crippen MR) is 80.8 cm³/mol. The Morgan fingerprint density at radius 1 is 1.37 bits per heavy atom. The quantitative estimate of drug-likeness (QED) is 0.904. The maximum absolute atomic E-state index is 6.12. The first kappa shape index (κ1) is 14.7. The summed E-state index contributed by atoms with van der Waals surface area (Å²) in [4.78, 5) is 0. The molecule has 0 spiro atoms. The summed E-state index contributed by atoms with van der Waals surface area (Å²) in [6.45, 7) is 3.08. The average Bonchev–Trinajstić information content (AvgIpc) is 2.42. The summed E-state index contributed by atoms with van der Waals surface area (Å²) in [5.74, 6) is 1.76. The second-order valence-electron chi connectivity index (χ2n) is 6.02. The fraction of sp³-hybridized carbons (Fsp3) is 0.625. The topological polar surface area (TPSA) is 35.2 Å². The Kier molecular flexibility index (Phi) is 4.75. The van der Waals surface area contributed by atoms with Crippen LogP contribution in [-0.2, 0) is 6.42 Å². The molecule has 1 aliphatic carbocycles. The van der Waals surface area contributed by atoms with Crippen molar-refractivity contribution in [1.82, 2.24) is 0 Å². The van der Waals surface area contributed by atoms with Gasteiger partial charge in [0.05, 0.1) is 7.11 Å². The van der Waals surface area contributed by atoms with E-state index >= 15 is 0 Å². The standard InChI is InChI=1S/C16H24ClNO/c1-12-5-7-16(11-18,8-6-12)10-13-9-14(17)3-4-15(13)19-2/h3-4,9,12H,5-8,10-11,18H2,1-2H3. The van der Waals surface area contributed by atoms with Gasteiger partial charge < -0.3 is 10.5 Å². The van der Waals surface area contributed by atoms with Crippen molar-refractivity contribution in [2.45, 2.75) is 39.0 Å². The first-order chi connectivity index (χ1) is 9.08. The van der Waals surface area contributed by atoms with E-state index in [1.54, 1.807) is 7.11 Å². The Morgan fingerprint density at radius 3 is 2.63 bits per heavy atom. The highest BCUT2D eigenvalue weighted by atomic mass is 35.5. The van der Waals surface area contributed by atoms with Crippen molar-refractivity contribution in [3.8, 4) is 5.75 Å². The van der Waals surface area contributed by atoms with Crippen LogP contribution in [0.25, 0.3) is 0 Å². The van der Waals surface area contributed by atoms with Crippen molar-refractivity contribution >= 4 is 11.6 Å². The van der Waals surface area contributed by atoms with E-state index in [0.29, 0.717) is 0 Å². The summed E-state index contributed by atoms with van der Waals surface area (Å²) in [5.41, 5.74) is 7.50. The monoisotopic (exact) mass is 281 g/mol. The van der Waals surface area contributed by atoms with E-state index in [2.05, 4.69) is 6.92 Å². The van der Waals surface area contributed by atoms with Crippen molar-refractivity contribution in [3.63, 3.8) is 0 Å². The first-order valence-corrected chi connectivity index (χ1v) is 7.49. The maximum atomic E-state index is 6.12. The molecule has 1 saturated carbocycles. The molecular weight excluding hydrogens is 258 g/mol. The van der Waals surface area contributed by atoms with Crippen molar-refractivity contribution in [3.05, 3.63) is 28.8 Å². The Morgan fingerprint density at radius 2 is 2.05 bits per heavy atom. The highest BCUT2D eigenvalue weighted by molar-refractivity contribution is 6.30. The van der Waals surface area contributed by atoms with Gasteiger partial charge in [0.15, 0.2) is 0 Å². The molecule has 1 fully saturated rings. The third-order valence-electron chi connectivity index (χ3n) is 4.58. The zero-order valence-corrected chi connectivity index (χ0v) is 12.7. The molecule has 2 N–H and O–H groups in total. The van der Waals surface area contributed by atoms with Gasteiger partial charge in [-0.1, -0.05) is 31.4 Å². The molecule has 0 unspecified atom stereocenters. The molecule has 19 heavy (non-hydrogen) atoms. The van der Waals surface area contributed by atoms with Crippen molar-refractivity contribution in [2.24, 2.45) is 17.1 Å². The van der Waals surface area contributed by atoms with Crippen LogP contribution in [0.15, 0.2) is 18.2 Å². The minimum absolute atomic E-state index is 0.227. The molecule has 0 radical (unpaired) electrons. The summed E-state index contributed by atoms with van der Waals surface area (Å²) in [5, 5.41) is 0.771. The van der Waals surface area contributed by atoms with Crippen molar-refractivity contribution in [2.75, 3.05) is 13.7 Å². The van der Waals surface area contributed by atoms with Gasteiger partial charge >= 0.3 is 0 Å². The molecule has 0 bridgehead atoms. The molecule has 0 aromatic heterocycles. The van der Waals surface area contributed by atoms with Crippen molar-refractivity contribution < 1.29 is 4.74 Å². The number of methoxy groups -OCH3 is 1. The van der Waals surface area contributed by atoms with E-state index in [4.69, 9.17) is 22.1 Å². The third-order valence-corrected chi connectivity index (χ3v) is 4.81. The summed E-state index contributed by atoms with van der Waals surface area (Å²) in [6.07, 6.45) is 5.95. The van der Waals surface area contributed by atoms with Crippen LogP contribution >= 0.6 is 11.6 Å². The molecule has 106 valence electrons. The van der Waals surface area contributed by atoms with E-state index in [9.17, 15) is 0 Å². The third kappa shape index (κ3) is 3.43. The lowest BCUT2D eigenvalue weighted by atomic mass is 9.68. The molecule has 0 saturated heterocycles. The van der Waals surface area contributed by atoms with Gasteiger partial charge in [-0.3, -0.25) is 0 Å². The van der Waals surface area contributed by atoms with Crippen LogP contribution in [0.4, 0.5) is 0 Å². The Labute approximate surface area is 121 Å². The van der Waals surface area contributed by atoms with Gasteiger partial charge in [0.1, 0.15) is 5.75 Å². The van der Waals surface area contributed by atoms with Crippen LogP contribution in [-0.4, -0.2) is 13.7 Å². The van der Waals surface area contributed by atoms with E-state index in [-0.39, 0.29) is 5.41 Å². The number of rotatable bonds is 4. The number of hydrogen-bond acceptors (Lipinski definition) is 2. The lowest BCUT2D eigenvalue weighted by Gasteiger charge is -2.39. The highest BCUT2D eigenvalue weighted by Gasteiger charge is 2.33. The fourth-order valence-electron chi connectivity index (χ4n) is 3.12. The minimum Gasteiger partial charge on any atom is -0.496 e. The zero-order valence-electron chi connectivity index (χ0n) is 11.9. The Hall–Kier alpha value is -0.730. The summed E-state index contributed by atoms with van der Waals surface area (Å²) >= 11 is 6.12. The Bertz CT molecular complexity index is 425. The smallest absolute Gasteiger partial charge is 0.122 e. The van der Waals surface area contributed by atoms with Gasteiger partial charge in [0.25, 0.3) is 0 Å². The average molecular weight is 282 g/mol. The van der Waals surface area contributed by atoms with E-state index < -0.39 is 0 Å². The van der Waals surface area contributed by atoms with E-state index in [1.807, 2.05) is 18.2 Å². The van der Waals surface area contributed by atoms with Gasteiger partial charge in [-0.15, -0.1) is 0 Å². The number of ether oxygens (including phenoxy) is 1. The van der Waals surface area contributed by atoms with Gasteiger partial charge in [0.2, 0.25) is 0 Å². The molecule has 2 nitrogen and oxygen atoms in total. The molecule has 0 atom stereocenters. The SMILES string of the molecule is COc1ccc(Cl)cc1CC1(CN)CCC(C)CC1. The normalized spacial score (nSPS) is 27.3. The highest BCUT2D eigenvalue weighted by Crippen LogP contribution is 2.42. The van der Waals surface area contributed by atoms with E-state index in [0.717, 1.165) is 29.7 Å². The molecule has 0 aliphatic heterocycles.